The largest absolute Gasteiger partial charge is 0.495 e. The maximum atomic E-state index is 13.7. The molecule has 0 aromatic heterocycles. The van der Waals surface area contributed by atoms with E-state index in [0.29, 0.717) is 16.3 Å². The van der Waals surface area contributed by atoms with Crippen LogP contribution >= 0.6 is 11.6 Å². The summed E-state index contributed by atoms with van der Waals surface area (Å²) in [5, 5.41) is 2.79. The van der Waals surface area contributed by atoms with Gasteiger partial charge in [0.1, 0.15) is 23.4 Å². The maximum Gasteiger partial charge on any atom is 0.328 e. The number of nitrogens with one attached hydrogen (secondary N) is 1. The molecule has 1 N–H and O–H groups in total. The van der Waals surface area contributed by atoms with Crippen LogP contribution in [-0.4, -0.2) is 32.1 Å². The van der Waals surface area contributed by atoms with E-state index in [1.807, 2.05) is 0 Å². The summed E-state index contributed by atoms with van der Waals surface area (Å²) in [7, 11) is 2.65. The molecule has 0 aliphatic heterocycles. The topological polar surface area (TPSA) is 64.6 Å². The van der Waals surface area contributed by atoms with Crippen molar-refractivity contribution < 1.29 is 27.8 Å². The molecule has 8 heteroatoms. The molecular formula is C19H18ClF2NO4. The minimum Gasteiger partial charge on any atom is -0.495 e. The predicted octanol–water partition coefficient (Wildman–Crippen LogP) is 3.07. The molecule has 2 aromatic rings. The highest BCUT2D eigenvalue weighted by molar-refractivity contribution is 6.32. The number of benzene rings is 2. The van der Waals surface area contributed by atoms with Gasteiger partial charge in [0.2, 0.25) is 5.91 Å². The van der Waals surface area contributed by atoms with Crippen LogP contribution in [0.3, 0.4) is 0 Å². The summed E-state index contributed by atoms with van der Waals surface area (Å²) in [4.78, 5) is 24.2. The molecule has 1 atom stereocenters. The van der Waals surface area contributed by atoms with Crippen LogP contribution in [0.2, 0.25) is 5.02 Å². The van der Waals surface area contributed by atoms with Crippen molar-refractivity contribution in [2.75, 3.05) is 14.2 Å². The molecule has 27 heavy (non-hydrogen) atoms. The minimum atomic E-state index is -1.04. The Kier molecular flexibility index (Phi) is 7.12. The van der Waals surface area contributed by atoms with Gasteiger partial charge in [-0.2, -0.15) is 0 Å². The molecule has 2 rings (SSSR count). The Morgan fingerprint density at radius 3 is 2.37 bits per heavy atom. The van der Waals surface area contributed by atoms with Crippen LogP contribution < -0.4 is 10.1 Å². The van der Waals surface area contributed by atoms with Crippen molar-refractivity contribution in [1.29, 1.82) is 0 Å². The number of amides is 1. The van der Waals surface area contributed by atoms with Gasteiger partial charge in [0, 0.05) is 12.0 Å². The molecule has 0 radical (unpaired) electrons. The quantitative estimate of drug-likeness (QED) is 0.729. The van der Waals surface area contributed by atoms with Crippen molar-refractivity contribution in [3.8, 4) is 5.75 Å². The van der Waals surface area contributed by atoms with Gasteiger partial charge in [0.05, 0.1) is 25.7 Å². The van der Waals surface area contributed by atoms with Gasteiger partial charge in [-0.3, -0.25) is 4.79 Å². The SMILES string of the molecule is COC(=O)[C@H](Cc1ccc(OC)c(Cl)c1)NC(=O)Cc1c(F)cccc1F. The number of esters is 1. The Morgan fingerprint density at radius 2 is 1.81 bits per heavy atom. The molecule has 0 saturated heterocycles. The fraction of sp³-hybridized carbons (Fsp3) is 0.263. The standard InChI is InChI=1S/C19H18ClF2NO4/c1-26-17-7-6-11(8-13(17)20)9-16(19(25)27-2)23-18(24)10-12-14(21)4-3-5-15(12)22/h3-8,16H,9-10H2,1-2H3,(H,23,24)/t16-/m0/s1. The number of halogens is 3. The van der Waals surface area contributed by atoms with Crippen molar-refractivity contribution in [3.63, 3.8) is 0 Å². The molecule has 0 spiro atoms. The minimum absolute atomic E-state index is 0.0852. The molecule has 0 aliphatic rings. The Balaban J connectivity index is 2.13. The van der Waals surface area contributed by atoms with Gasteiger partial charge < -0.3 is 14.8 Å². The maximum absolute atomic E-state index is 13.7. The van der Waals surface area contributed by atoms with E-state index >= 15 is 0 Å². The zero-order chi connectivity index (χ0) is 20.0. The van der Waals surface area contributed by atoms with E-state index in [9.17, 15) is 18.4 Å². The Morgan fingerprint density at radius 1 is 1.15 bits per heavy atom. The average Bonchev–Trinajstić information content (AvgIpc) is 2.64. The number of hydrogen-bond acceptors (Lipinski definition) is 4. The summed E-state index contributed by atoms with van der Waals surface area (Å²) in [5.41, 5.74) is 0.277. The third kappa shape index (κ3) is 5.40. The summed E-state index contributed by atoms with van der Waals surface area (Å²) in [5.74, 6) is -2.60. The van der Waals surface area contributed by atoms with Crippen molar-refractivity contribution >= 4 is 23.5 Å². The van der Waals surface area contributed by atoms with Crippen molar-refractivity contribution in [2.24, 2.45) is 0 Å². The summed E-state index contributed by atoms with van der Waals surface area (Å²) in [6, 6.07) is 7.19. The van der Waals surface area contributed by atoms with Crippen LogP contribution in [0.1, 0.15) is 11.1 Å². The normalized spacial score (nSPS) is 11.6. The first-order valence-electron chi connectivity index (χ1n) is 7.98. The lowest BCUT2D eigenvalue weighted by Crippen LogP contribution is -2.43. The number of ether oxygens (including phenoxy) is 2. The third-order valence-corrected chi connectivity index (χ3v) is 4.17. The van der Waals surface area contributed by atoms with Gasteiger partial charge in [-0.15, -0.1) is 0 Å². The number of carbonyl (C=O) groups is 2. The van der Waals surface area contributed by atoms with E-state index in [0.717, 1.165) is 12.1 Å². The third-order valence-electron chi connectivity index (χ3n) is 3.88. The van der Waals surface area contributed by atoms with Crippen LogP contribution in [0.5, 0.6) is 5.75 Å². The van der Waals surface area contributed by atoms with Gasteiger partial charge in [-0.25, -0.2) is 13.6 Å². The molecular weight excluding hydrogens is 380 g/mol. The van der Waals surface area contributed by atoms with Gasteiger partial charge >= 0.3 is 5.97 Å². The molecule has 5 nitrogen and oxygen atoms in total. The summed E-state index contributed by atoms with van der Waals surface area (Å²) >= 11 is 6.06. The van der Waals surface area contributed by atoms with E-state index in [2.05, 4.69) is 5.32 Å². The number of hydrogen-bond donors (Lipinski definition) is 1. The zero-order valence-electron chi connectivity index (χ0n) is 14.7. The first-order chi connectivity index (χ1) is 12.8. The molecule has 1 amide bonds. The smallest absolute Gasteiger partial charge is 0.328 e. The molecule has 2 aromatic carbocycles. The van der Waals surface area contributed by atoms with E-state index in [-0.39, 0.29) is 12.0 Å². The van der Waals surface area contributed by atoms with Gasteiger partial charge in [0.25, 0.3) is 0 Å². The molecule has 0 unspecified atom stereocenters. The lowest BCUT2D eigenvalue weighted by atomic mass is 10.0. The summed E-state index contributed by atoms with van der Waals surface area (Å²) in [6.45, 7) is 0. The Hall–Kier alpha value is -2.67. The summed E-state index contributed by atoms with van der Waals surface area (Å²) in [6.07, 6.45) is -0.461. The highest BCUT2D eigenvalue weighted by Crippen LogP contribution is 2.25. The van der Waals surface area contributed by atoms with E-state index in [4.69, 9.17) is 21.1 Å². The number of methoxy groups -OCH3 is 2. The van der Waals surface area contributed by atoms with Crippen molar-refractivity contribution in [2.45, 2.75) is 18.9 Å². The molecule has 0 fully saturated rings. The van der Waals surface area contributed by atoms with Gasteiger partial charge in [0.15, 0.2) is 0 Å². The zero-order valence-corrected chi connectivity index (χ0v) is 15.5. The highest BCUT2D eigenvalue weighted by atomic mass is 35.5. The van der Waals surface area contributed by atoms with Crippen molar-refractivity contribution in [1.82, 2.24) is 5.32 Å². The predicted molar refractivity (Wildman–Crippen MR) is 95.7 cm³/mol. The second-order valence-electron chi connectivity index (χ2n) is 5.69. The van der Waals surface area contributed by atoms with Crippen LogP contribution in [0.15, 0.2) is 36.4 Å². The number of carbonyl (C=O) groups excluding carboxylic acids is 2. The van der Waals surface area contributed by atoms with Crippen LogP contribution in [0.4, 0.5) is 8.78 Å². The Bertz CT molecular complexity index is 824. The van der Waals surface area contributed by atoms with E-state index < -0.39 is 36.0 Å². The fourth-order valence-corrected chi connectivity index (χ4v) is 2.80. The van der Waals surface area contributed by atoms with Crippen LogP contribution in [0, 0.1) is 11.6 Å². The second kappa shape index (κ2) is 9.32. The first kappa shape index (κ1) is 20.6. The highest BCUT2D eigenvalue weighted by Gasteiger charge is 2.23. The van der Waals surface area contributed by atoms with Gasteiger partial charge in [-0.05, 0) is 29.8 Å². The molecule has 0 aliphatic carbocycles. The molecule has 144 valence electrons. The van der Waals surface area contributed by atoms with Gasteiger partial charge in [-0.1, -0.05) is 23.7 Å². The Labute approximate surface area is 160 Å². The second-order valence-corrected chi connectivity index (χ2v) is 6.10. The number of rotatable bonds is 7. The fourth-order valence-electron chi connectivity index (χ4n) is 2.52. The summed E-state index contributed by atoms with van der Waals surface area (Å²) < 4.78 is 37.2. The van der Waals surface area contributed by atoms with Crippen LogP contribution in [0.25, 0.3) is 0 Å². The van der Waals surface area contributed by atoms with Crippen molar-refractivity contribution in [3.05, 3.63) is 64.2 Å². The molecule has 0 saturated carbocycles. The lowest BCUT2D eigenvalue weighted by molar-refractivity contribution is -0.145. The average molecular weight is 398 g/mol. The van der Waals surface area contributed by atoms with Crippen LogP contribution in [-0.2, 0) is 27.2 Å². The lowest BCUT2D eigenvalue weighted by Gasteiger charge is -2.17. The van der Waals surface area contributed by atoms with E-state index in [1.165, 1.54) is 20.3 Å². The van der Waals surface area contributed by atoms with E-state index in [1.54, 1.807) is 18.2 Å². The molecule has 0 bridgehead atoms. The monoisotopic (exact) mass is 397 g/mol. The molecule has 0 heterocycles. The first-order valence-corrected chi connectivity index (χ1v) is 8.36.